The monoisotopic (exact) mass is 324 g/mol. The van der Waals surface area contributed by atoms with Crippen LogP contribution in [0, 0.1) is 35.0 Å². The lowest BCUT2D eigenvalue weighted by Gasteiger charge is -2.17. The smallest absolute Gasteiger partial charge is 0.258 e. The SMILES string of the molecule is NC(=S)C(NC(=O)c1c(F)c(F)c(F)c(F)c1F)C1CC1. The Morgan fingerprint density at radius 1 is 1.05 bits per heavy atom. The van der Waals surface area contributed by atoms with E-state index in [0.29, 0.717) is 12.8 Å². The van der Waals surface area contributed by atoms with Crippen molar-refractivity contribution in [1.29, 1.82) is 0 Å². The van der Waals surface area contributed by atoms with Gasteiger partial charge in [0.2, 0.25) is 5.82 Å². The lowest BCUT2D eigenvalue weighted by molar-refractivity contribution is 0.0932. The number of nitrogens with one attached hydrogen (secondary N) is 1. The van der Waals surface area contributed by atoms with E-state index in [1.54, 1.807) is 0 Å². The summed E-state index contributed by atoms with van der Waals surface area (Å²) in [6.07, 6.45) is 1.39. The molecule has 0 saturated heterocycles. The second kappa shape index (κ2) is 5.55. The number of halogens is 5. The van der Waals surface area contributed by atoms with Gasteiger partial charge in [-0.2, -0.15) is 0 Å². The lowest BCUT2D eigenvalue weighted by Crippen LogP contribution is -2.45. The van der Waals surface area contributed by atoms with Crippen molar-refractivity contribution in [3.05, 3.63) is 34.6 Å². The average Bonchev–Trinajstić information content (AvgIpc) is 3.24. The number of amides is 1. The Balaban J connectivity index is 2.37. The Morgan fingerprint density at radius 2 is 1.48 bits per heavy atom. The second-order valence-electron chi connectivity index (χ2n) is 4.64. The summed E-state index contributed by atoms with van der Waals surface area (Å²) in [6.45, 7) is 0. The first kappa shape index (κ1) is 15.6. The molecule has 114 valence electrons. The zero-order valence-corrected chi connectivity index (χ0v) is 11.2. The minimum absolute atomic E-state index is 0.0901. The molecule has 1 aromatic carbocycles. The van der Waals surface area contributed by atoms with Gasteiger partial charge in [0.05, 0.1) is 11.0 Å². The Labute approximate surface area is 121 Å². The highest BCUT2D eigenvalue weighted by Crippen LogP contribution is 2.33. The molecule has 0 bridgehead atoms. The first-order chi connectivity index (χ1) is 9.75. The molecule has 0 radical (unpaired) electrons. The third-order valence-corrected chi connectivity index (χ3v) is 3.38. The molecule has 0 aliphatic heterocycles. The summed E-state index contributed by atoms with van der Waals surface area (Å²) in [6, 6.07) is -0.845. The minimum atomic E-state index is -2.32. The van der Waals surface area contributed by atoms with E-state index in [4.69, 9.17) is 18.0 Å². The molecule has 3 N–H and O–H groups in total. The number of hydrogen-bond donors (Lipinski definition) is 2. The van der Waals surface area contributed by atoms with Gasteiger partial charge < -0.3 is 11.1 Å². The fraction of sp³-hybridized carbons (Fsp3) is 0.333. The van der Waals surface area contributed by atoms with Gasteiger partial charge in [0.15, 0.2) is 23.3 Å². The number of rotatable bonds is 4. The molecule has 3 nitrogen and oxygen atoms in total. The third-order valence-electron chi connectivity index (χ3n) is 3.12. The van der Waals surface area contributed by atoms with Gasteiger partial charge in [0.25, 0.3) is 5.91 Å². The fourth-order valence-electron chi connectivity index (χ4n) is 1.87. The van der Waals surface area contributed by atoms with Crippen LogP contribution in [-0.4, -0.2) is 16.9 Å². The predicted octanol–water partition coefficient (Wildman–Crippen LogP) is 2.18. The van der Waals surface area contributed by atoms with Crippen LogP contribution in [0.15, 0.2) is 0 Å². The molecule has 2 rings (SSSR count). The highest BCUT2D eigenvalue weighted by atomic mass is 32.1. The van der Waals surface area contributed by atoms with Crippen LogP contribution in [0.4, 0.5) is 22.0 Å². The Bertz CT molecular complexity index is 604. The highest BCUT2D eigenvalue weighted by Gasteiger charge is 2.36. The van der Waals surface area contributed by atoms with E-state index in [-0.39, 0.29) is 10.9 Å². The number of nitrogens with two attached hydrogens (primary N) is 1. The van der Waals surface area contributed by atoms with E-state index in [9.17, 15) is 26.7 Å². The number of thiocarbonyl (C=S) groups is 1. The standard InChI is InChI=1S/C12H9F5N2OS/c13-5-4(6(14)8(16)9(17)7(5)15)12(20)19-10(11(18)21)3-1-2-3/h3,10H,1-2H2,(H2,18,21)(H,19,20). The lowest BCUT2D eigenvalue weighted by atomic mass is 10.1. The second-order valence-corrected chi connectivity index (χ2v) is 5.11. The maximum atomic E-state index is 13.5. The van der Waals surface area contributed by atoms with Gasteiger partial charge in [-0.05, 0) is 18.8 Å². The van der Waals surface area contributed by atoms with Crippen LogP contribution in [0.25, 0.3) is 0 Å². The molecule has 9 heteroatoms. The maximum Gasteiger partial charge on any atom is 0.258 e. The van der Waals surface area contributed by atoms with E-state index >= 15 is 0 Å². The molecule has 1 atom stereocenters. The number of carbonyl (C=O) groups excluding carboxylic acids is 1. The first-order valence-electron chi connectivity index (χ1n) is 5.87. The fourth-order valence-corrected chi connectivity index (χ4v) is 2.12. The van der Waals surface area contributed by atoms with Gasteiger partial charge in [0, 0.05) is 0 Å². The molecule has 21 heavy (non-hydrogen) atoms. The molecular formula is C12H9F5N2OS. The van der Waals surface area contributed by atoms with E-state index < -0.39 is 46.6 Å². The average molecular weight is 324 g/mol. The molecule has 1 saturated carbocycles. The summed E-state index contributed by atoms with van der Waals surface area (Å²) < 4.78 is 65.9. The van der Waals surface area contributed by atoms with Crippen molar-refractivity contribution in [3.63, 3.8) is 0 Å². The van der Waals surface area contributed by atoms with Gasteiger partial charge in [-0.3, -0.25) is 4.79 Å². The Hall–Kier alpha value is -1.77. The highest BCUT2D eigenvalue weighted by molar-refractivity contribution is 7.80. The molecule has 0 spiro atoms. The third kappa shape index (κ3) is 2.82. The van der Waals surface area contributed by atoms with Gasteiger partial charge in [-0.15, -0.1) is 0 Å². The van der Waals surface area contributed by atoms with Crippen LogP contribution >= 0.6 is 12.2 Å². The predicted molar refractivity (Wildman–Crippen MR) is 67.0 cm³/mol. The summed E-state index contributed by atoms with van der Waals surface area (Å²) in [4.78, 5) is 11.7. The summed E-state index contributed by atoms with van der Waals surface area (Å²) >= 11 is 4.71. The van der Waals surface area contributed by atoms with E-state index in [1.165, 1.54) is 0 Å². The van der Waals surface area contributed by atoms with Gasteiger partial charge in [0.1, 0.15) is 5.56 Å². The molecule has 1 fully saturated rings. The van der Waals surface area contributed by atoms with Crippen molar-refractivity contribution in [2.45, 2.75) is 18.9 Å². The quantitative estimate of drug-likeness (QED) is 0.386. The summed E-state index contributed by atoms with van der Waals surface area (Å²) in [5.41, 5.74) is 3.84. The van der Waals surface area contributed by atoms with Crippen LogP contribution in [0.2, 0.25) is 0 Å². The largest absolute Gasteiger partial charge is 0.392 e. The zero-order chi connectivity index (χ0) is 15.9. The van der Waals surface area contributed by atoms with Crippen molar-refractivity contribution < 1.29 is 26.7 Å². The van der Waals surface area contributed by atoms with E-state index in [0.717, 1.165) is 0 Å². The topological polar surface area (TPSA) is 55.1 Å². The number of benzene rings is 1. The number of hydrogen-bond acceptors (Lipinski definition) is 2. The molecule has 1 amide bonds. The van der Waals surface area contributed by atoms with Gasteiger partial charge in [-0.1, -0.05) is 12.2 Å². The molecule has 1 aromatic rings. The van der Waals surface area contributed by atoms with Crippen LogP contribution in [0.3, 0.4) is 0 Å². The van der Waals surface area contributed by atoms with Gasteiger partial charge >= 0.3 is 0 Å². The minimum Gasteiger partial charge on any atom is -0.392 e. The van der Waals surface area contributed by atoms with Crippen LogP contribution in [0.5, 0.6) is 0 Å². The molecule has 1 aliphatic carbocycles. The normalized spacial score (nSPS) is 15.7. The Morgan fingerprint density at radius 3 is 1.86 bits per heavy atom. The van der Waals surface area contributed by atoms with E-state index in [2.05, 4.69) is 5.32 Å². The summed E-state index contributed by atoms with van der Waals surface area (Å²) in [5, 5.41) is 2.11. The maximum absolute atomic E-state index is 13.5. The first-order valence-corrected chi connectivity index (χ1v) is 6.28. The summed E-state index contributed by atoms with van der Waals surface area (Å²) in [7, 11) is 0. The van der Waals surface area contributed by atoms with Crippen molar-refractivity contribution in [2.24, 2.45) is 11.7 Å². The van der Waals surface area contributed by atoms with Crippen LogP contribution in [0.1, 0.15) is 23.2 Å². The molecule has 1 aliphatic rings. The number of carbonyl (C=O) groups is 1. The van der Waals surface area contributed by atoms with Crippen LogP contribution in [-0.2, 0) is 0 Å². The van der Waals surface area contributed by atoms with Crippen molar-refractivity contribution >= 4 is 23.1 Å². The molecule has 0 heterocycles. The van der Waals surface area contributed by atoms with E-state index in [1.807, 2.05) is 0 Å². The van der Waals surface area contributed by atoms with Crippen LogP contribution < -0.4 is 11.1 Å². The molecule has 1 unspecified atom stereocenters. The molecular weight excluding hydrogens is 315 g/mol. The van der Waals surface area contributed by atoms with Gasteiger partial charge in [-0.25, -0.2) is 22.0 Å². The van der Waals surface area contributed by atoms with Crippen molar-refractivity contribution in [1.82, 2.24) is 5.32 Å². The summed E-state index contributed by atoms with van der Waals surface area (Å²) in [5.74, 6) is -12.6. The zero-order valence-electron chi connectivity index (χ0n) is 10.4. The van der Waals surface area contributed by atoms with Crippen molar-refractivity contribution in [3.8, 4) is 0 Å². The van der Waals surface area contributed by atoms with Crippen molar-refractivity contribution in [2.75, 3.05) is 0 Å². The Kier molecular flexibility index (Phi) is 4.13. The molecule has 0 aromatic heterocycles.